The normalized spacial score (nSPS) is 14.2. The predicted molar refractivity (Wildman–Crippen MR) is 66.0 cm³/mol. The molecule has 0 saturated carbocycles. The van der Waals surface area contributed by atoms with Crippen LogP contribution < -0.4 is 5.32 Å². The van der Waals surface area contributed by atoms with Gasteiger partial charge in [-0.1, -0.05) is 11.6 Å². The lowest BCUT2D eigenvalue weighted by Gasteiger charge is -2.19. The molecule has 0 atom stereocenters. The average molecular weight is 251 g/mol. The Morgan fingerprint density at radius 3 is 2.24 bits per heavy atom. The number of hydrogen-bond acceptors (Lipinski definition) is 1. The van der Waals surface area contributed by atoms with E-state index in [0.29, 0.717) is 6.42 Å². The van der Waals surface area contributed by atoms with E-state index in [1.807, 2.05) is 13.0 Å². The lowest BCUT2D eigenvalue weighted by Crippen LogP contribution is -2.36. The summed E-state index contributed by atoms with van der Waals surface area (Å²) in [5.74, 6) is 0. The van der Waals surface area contributed by atoms with E-state index in [2.05, 4.69) is 26.1 Å². The fraction of sp³-hybridized carbons (Fsp3) is 0.846. The fourth-order valence-corrected chi connectivity index (χ4v) is 1.44. The third-order valence-corrected chi connectivity index (χ3v) is 2.32. The molecular weight excluding hydrogens is 227 g/mol. The number of alkyl halides is 3. The van der Waals surface area contributed by atoms with Gasteiger partial charge in [0.05, 0.1) is 0 Å². The smallest absolute Gasteiger partial charge is 0.312 e. The van der Waals surface area contributed by atoms with Crippen molar-refractivity contribution in [2.45, 2.75) is 65.1 Å². The van der Waals surface area contributed by atoms with E-state index in [4.69, 9.17) is 0 Å². The summed E-state index contributed by atoms with van der Waals surface area (Å²) in [6.07, 6.45) is -1.08. The second-order valence-electron chi connectivity index (χ2n) is 5.48. The van der Waals surface area contributed by atoms with Crippen molar-refractivity contribution >= 4 is 0 Å². The molecule has 0 heterocycles. The quantitative estimate of drug-likeness (QED) is 0.543. The van der Waals surface area contributed by atoms with Gasteiger partial charge in [-0.2, -0.15) is 13.2 Å². The Morgan fingerprint density at radius 1 is 1.18 bits per heavy atom. The summed E-state index contributed by atoms with van der Waals surface area (Å²) in [7, 11) is 0. The third kappa shape index (κ3) is 13.4. The molecule has 4 heteroatoms. The van der Waals surface area contributed by atoms with E-state index in [9.17, 15) is 13.2 Å². The van der Waals surface area contributed by atoms with Crippen LogP contribution in [0, 0.1) is 0 Å². The average Bonchev–Trinajstić information content (AvgIpc) is 2.09. The maximum Gasteiger partial charge on any atom is 0.389 e. The van der Waals surface area contributed by atoms with Crippen molar-refractivity contribution in [2.24, 2.45) is 0 Å². The van der Waals surface area contributed by atoms with Gasteiger partial charge in [-0.3, -0.25) is 0 Å². The lowest BCUT2D eigenvalue weighted by molar-refractivity contribution is -0.135. The molecule has 0 radical (unpaired) electrons. The minimum absolute atomic E-state index is 0.0953. The molecule has 0 aromatic carbocycles. The molecule has 0 unspecified atom stereocenters. The first kappa shape index (κ1) is 16.5. The highest BCUT2D eigenvalue weighted by Gasteiger charge is 2.25. The molecule has 0 aromatic heterocycles. The first-order valence-corrected chi connectivity index (χ1v) is 6.07. The largest absolute Gasteiger partial charge is 0.389 e. The van der Waals surface area contributed by atoms with E-state index in [1.54, 1.807) is 0 Å². The molecule has 0 aromatic rings. The number of rotatable bonds is 6. The molecule has 0 amide bonds. The molecule has 17 heavy (non-hydrogen) atoms. The van der Waals surface area contributed by atoms with Crippen LogP contribution in [0.1, 0.15) is 53.4 Å². The Kier molecular flexibility index (Phi) is 6.83. The molecule has 102 valence electrons. The van der Waals surface area contributed by atoms with Gasteiger partial charge in [0.2, 0.25) is 0 Å². The molecule has 0 aliphatic heterocycles. The first-order chi connectivity index (χ1) is 7.60. The molecule has 0 rings (SSSR count). The summed E-state index contributed by atoms with van der Waals surface area (Å²) < 4.78 is 35.7. The third-order valence-electron chi connectivity index (χ3n) is 2.32. The molecule has 0 saturated heterocycles. The summed E-state index contributed by atoms with van der Waals surface area (Å²) in [6, 6.07) is 0. The van der Waals surface area contributed by atoms with E-state index in [-0.39, 0.29) is 12.0 Å². The summed E-state index contributed by atoms with van der Waals surface area (Å²) in [5, 5.41) is 3.33. The lowest BCUT2D eigenvalue weighted by atomic mass is 10.1. The van der Waals surface area contributed by atoms with Gasteiger partial charge in [0.15, 0.2) is 0 Å². The van der Waals surface area contributed by atoms with Gasteiger partial charge < -0.3 is 5.32 Å². The zero-order valence-electron chi connectivity index (χ0n) is 11.2. The van der Waals surface area contributed by atoms with E-state index in [0.717, 1.165) is 18.5 Å². The van der Waals surface area contributed by atoms with Gasteiger partial charge in [-0.05, 0) is 53.5 Å². The summed E-state index contributed by atoms with van der Waals surface area (Å²) in [4.78, 5) is 0. The van der Waals surface area contributed by atoms with E-state index >= 15 is 0 Å². The minimum Gasteiger partial charge on any atom is -0.312 e. The number of hydrogen-bond donors (Lipinski definition) is 1. The van der Waals surface area contributed by atoms with Crippen LogP contribution in [0.4, 0.5) is 13.2 Å². The van der Waals surface area contributed by atoms with Crippen LogP contribution in [0.2, 0.25) is 0 Å². The zero-order chi connectivity index (χ0) is 13.5. The van der Waals surface area contributed by atoms with Crippen molar-refractivity contribution in [3.63, 3.8) is 0 Å². The van der Waals surface area contributed by atoms with Crippen molar-refractivity contribution in [3.8, 4) is 0 Å². The van der Waals surface area contributed by atoms with Crippen LogP contribution in [0.15, 0.2) is 11.6 Å². The zero-order valence-corrected chi connectivity index (χ0v) is 11.2. The molecule has 1 N–H and O–H groups in total. The summed E-state index contributed by atoms with van der Waals surface area (Å²) in [6.45, 7) is 9.03. The highest BCUT2D eigenvalue weighted by atomic mass is 19.4. The molecule has 0 fully saturated rings. The van der Waals surface area contributed by atoms with Crippen molar-refractivity contribution in [1.29, 1.82) is 0 Å². The Hall–Kier alpha value is -0.510. The summed E-state index contributed by atoms with van der Waals surface area (Å²) >= 11 is 0. The SMILES string of the molecule is CC(=CCCNC(C)(C)C)CCCC(F)(F)F. The van der Waals surface area contributed by atoms with Gasteiger partial charge >= 0.3 is 6.18 Å². The highest BCUT2D eigenvalue weighted by Crippen LogP contribution is 2.23. The van der Waals surface area contributed by atoms with Gasteiger partial charge in [0.1, 0.15) is 0 Å². The highest BCUT2D eigenvalue weighted by molar-refractivity contribution is 4.98. The Balaban J connectivity index is 3.66. The number of halogens is 3. The molecule has 1 nitrogen and oxygen atoms in total. The maximum absolute atomic E-state index is 11.9. The second-order valence-corrected chi connectivity index (χ2v) is 5.48. The fourth-order valence-electron chi connectivity index (χ4n) is 1.44. The van der Waals surface area contributed by atoms with Gasteiger partial charge in [-0.25, -0.2) is 0 Å². The van der Waals surface area contributed by atoms with Crippen molar-refractivity contribution in [3.05, 3.63) is 11.6 Å². The maximum atomic E-state index is 11.9. The second kappa shape index (κ2) is 7.04. The first-order valence-electron chi connectivity index (χ1n) is 6.07. The molecule has 0 bridgehead atoms. The number of allylic oxidation sites excluding steroid dienone is 1. The van der Waals surface area contributed by atoms with Crippen LogP contribution in [0.3, 0.4) is 0 Å². The van der Waals surface area contributed by atoms with Gasteiger partial charge in [0, 0.05) is 12.0 Å². The van der Waals surface area contributed by atoms with Crippen LogP contribution in [0.5, 0.6) is 0 Å². The minimum atomic E-state index is -4.02. The van der Waals surface area contributed by atoms with Crippen molar-refractivity contribution < 1.29 is 13.2 Å². The van der Waals surface area contributed by atoms with Crippen LogP contribution in [0.25, 0.3) is 0 Å². The predicted octanol–water partition coefficient (Wildman–Crippen LogP) is 4.44. The Bertz CT molecular complexity index is 236. The van der Waals surface area contributed by atoms with E-state index in [1.165, 1.54) is 0 Å². The van der Waals surface area contributed by atoms with Crippen LogP contribution in [-0.2, 0) is 0 Å². The summed E-state index contributed by atoms with van der Waals surface area (Å²) in [5.41, 5.74) is 1.14. The molecule has 0 spiro atoms. The molecule has 0 aliphatic carbocycles. The van der Waals surface area contributed by atoms with Crippen LogP contribution in [-0.4, -0.2) is 18.3 Å². The number of nitrogens with one attached hydrogen (secondary N) is 1. The topological polar surface area (TPSA) is 12.0 Å². The van der Waals surface area contributed by atoms with Gasteiger partial charge in [-0.15, -0.1) is 0 Å². The molecular formula is C13H24F3N. The van der Waals surface area contributed by atoms with Crippen molar-refractivity contribution in [2.75, 3.05) is 6.54 Å². The molecule has 0 aliphatic rings. The van der Waals surface area contributed by atoms with Crippen molar-refractivity contribution in [1.82, 2.24) is 5.32 Å². The van der Waals surface area contributed by atoms with E-state index < -0.39 is 12.6 Å². The standard InChI is InChI=1S/C13H24F3N/c1-11(7-5-9-13(14,15)16)8-6-10-17-12(2,3)4/h8,17H,5-7,9-10H2,1-4H3. The Labute approximate surface area is 102 Å². The van der Waals surface area contributed by atoms with Crippen LogP contribution >= 0.6 is 0 Å². The van der Waals surface area contributed by atoms with Gasteiger partial charge in [0.25, 0.3) is 0 Å². The Morgan fingerprint density at radius 2 is 1.76 bits per heavy atom. The monoisotopic (exact) mass is 251 g/mol.